The van der Waals surface area contributed by atoms with Gasteiger partial charge in [0.25, 0.3) is 0 Å². The summed E-state index contributed by atoms with van der Waals surface area (Å²) in [5.74, 6) is 0.805. The Morgan fingerprint density at radius 1 is 1.06 bits per heavy atom. The summed E-state index contributed by atoms with van der Waals surface area (Å²) in [6.45, 7) is 0.0743. The van der Waals surface area contributed by atoms with Gasteiger partial charge in [-0.05, 0) is 23.3 Å². The minimum atomic E-state index is 0.0743. The third kappa shape index (κ3) is 3.19. The molecule has 3 N–H and O–H groups in total. The first kappa shape index (κ1) is 13.3. The van der Waals surface area contributed by atoms with E-state index < -0.39 is 0 Å². The van der Waals surface area contributed by atoms with E-state index in [-0.39, 0.29) is 6.61 Å². The minimum absolute atomic E-state index is 0.0743. The molecule has 0 bridgehead atoms. The van der Waals surface area contributed by atoms with E-state index >= 15 is 0 Å². The van der Waals surface area contributed by atoms with E-state index in [9.17, 15) is 0 Å². The fourth-order valence-corrected chi connectivity index (χ4v) is 2.86. The average molecular weight is 280 g/mol. The molecule has 2 aromatic rings. The summed E-state index contributed by atoms with van der Waals surface area (Å²) in [6, 6.07) is 13.4. The number of hydrogen-bond acceptors (Lipinski definition) is 3. The summed E-state index contributed by atoms with van der Waals surface area (Å²) in [5, 5.41) is 9.66. The summed E-state index contributed by atoms with van der Waals surface area (Å²) in [5.41, 5.74) is 8.70. The lowest BCUT2D eigenvalue weighted by Crippen LogP contribution is -1.90. The minimum Gasteiger partial charge on any atom is -0.398 e. The fraction of sp³-hybridized carbons (Fsp3) is 0.143. The van der Waals surface area contributed by atoms with Crippen LogP contribution < -0.4 is 5.73 Å². The highest BCUT2D eigenvalue weighted by molar-refractivity contribution is 7.98. The molecular weight excluding hydrogens is 266 g/mol. The number of aliphatic hydroxyl groups excluding tert-OH is 1. The van der Waals surface area contributed by atoms with Crippen LogP contribution in [0.2, 0.25) is 5.02 Å². The molecule has 0 saturated heterocycles. The second kappa shape index (κ2) is 6.14. The highest BCUT2D eigenvalue weighted by atomic mass is 35.5. The maximum atomic E-state index is 8.97. The van der Waals surface area contributed by atoms with E-state index in [0.29, 0.717) is 10.7 Å². The number of halogens is 1. The van der Waals surface area contributed by atoms with Gasteiger partial charge in [-0.15, -0.1) is 11.8 Å². The zero-order valence-corrected chi connectivity index (χ0v) is 11.3. The average Bonchev–Trinajstić information content (AvgIpc) is 2.39. The van der Waals surface area contributed by atoms with E-state index in [1.165, 1.54) is 5.56 Å². The summed E-state index contributed by atoms with van der Waals surface area (Å²) >= 11 is 7.73. The molecule has 2 aromatic carbocycles. The highest BCUT2D eigenvalue weighted by Gasteiger charge is 2.05. The number of rotatable bonds is 4. The number of aliphatic hydroxyl groups is 1. The molecule has 0 atom stereocenters. The molecule has 0 aliphatic heterocycles. The molecule has 0 fully saturated rings. The normalized spacial score (nSPS) is 10.6. The third-order valence-corrected chi connectivity index (χ3v) is 4.24. The molecule has 0 saturated carbocycles. The van der Waals surface area contributed by atoms with Gasteiger partial charge >= 0.3 is 0 Å². The van der Waals surface area contributed by atoms with E-state index in [4.69, 9.17) is 22.4 Å². The van der Waals surface area contributed by atoms with Crippen LogP contribution in [-0.4, -0.2) is 5.11 Å². The molecule has 0 unspecified atom stereocenters. The van der Waals surface area contributed by atoms with Gasteiger partial charge in [-0.3, -0.25) is 0 Å². The van der Waals surface area contributed by atoms with Gasteiger partial charge in [-0.1, -0.05) is 41.9 Å². The first-order chi connectivity index (χ1) is 8.70. The Balaban J connectivity index is 2.06. The van der Waals surface area contributed by atoms with Crippen LogP contribution in [0.1, 0.15) is 11.1 Å². The Kier molecular flexibility index (Phi) is 4.53. The zero-order chi connectivity index (χ0) is 13.0. The first-order valence-corrected chi connectivity index (χ1v) is 6.92. The third-order valence-electron chi connectivity index (χ3n) is 2.59. The molecule has 18 heavy (non-hydrogen) atoms. The van der Waals surface area contributed by atoms with Crippen molar-refractivity contribution >= 4 is 29.1 Å². The SMILES string of the molecule is Nc1cccc(Cl)c1SCc1ccc(CO)cc1. The summed E-state index contributed by atoms with van der Waals surface area (Å²) in [4.78, 5) is 0.922. The monoisotopic (exact) mass is 279 g/mol. The smallest absolute Gasteiger partial charge is 0.0681 e. The quantitative estimate of drug-likeness (QED) is 0.662. The Bertz CT molecular complexity index is 508. The lowest BCUT2D eigenvalue weighted by atomic mass is 10.2. The lowest BCUT2D eigenvalue weighted by Gasteiger charge is -2.07. The predicted molar refractivity (Wildman–Crippen MR) is 77.8 cm³/mol. The fourth-order valence-electron chi connectivity index (χ4n) is 1.57. The maximum Gasteiger partial charge on any atom is 0.0681 e. The van der Waals surface area contributed by atoms with E-state index in [1.54, 1.807) is 11.8 Å². The van der Waals surface area contributed by atoms with Crippen molar-refractivity contribution < 1.29 is 5.11 Å². The van der Waals surface area contributed by atoms with Crippen molar-refractivity contribution in [2.45, 2.75) is 17.3 Å². The van der Waals surface area contributed by atoms with Crippen LogP contribution in [-0.2, 0) is 12.4 Å². The standard InChI is InChI=1S/C14H14ClNOS/c15-12-2-1-3-13(16)14(12)18-9-11-6-4-10(8-17)5-7-11/h1-7,17H,8-9,16H2. The van der Waals surface area contributed by atoms with Crippen LogP contribution in [0, 0.1) is 0 Å². The van der Waals surface area contributed by atoms with Crippen molar-refractivity contribution in [2.75, 3.05) is 5.73 Å². The van der Waals surface area contributed by atoms with Crippen molar-refractivity contribution in [3.05, 3.63) is 58.6 Å². The van der Waals surface area contributed by atoms with Crippen LogP contribution >= 0.6 is 23.4 Å². The zero-order valence-electron chi connectivity index (χ0n) is 9.77. The summed E-state index contributed by atoms with van der Waals surface area (Å²) < 4.78 is 0. The number of thioether (sulfide) groups is 1. The van der Waals surface area contributed by atoms with Crippen LogP contribution in [0.3, 0.4) is 0 Å². The Labute approximate surface area is 116 Å². The number of anilines is 1. The van der Waals surface area contributed by atoms with Gasteiger partial charge < -0.3 is 10.8 Å². The molecule has 0 aliphatic carbocycles. The Morgan fingerprint density at radius 3 is 2.33 bits per heavy atom. The molecule has 2 nitrogen and oxygen atoms in total. The van der Waals surface area contributed by atoms with E-state index in [2.05, 4.69) is 0 Å². The second-order valence-electron chi connectivity index (χ2n) is 3.92. The highest BCUT2D eigenvalue weighted by Crippen LogP contribution is 2.34. The van der Waals surface area contributed by atoms with Crippen molar-refractivity contribution in [3.63, 3.8) is 0 Å². The van der Waals surface area contributed by atoms with Gasteiger partial charge in [0.05, 0.1) is 11.6 Å². The van der Waals surface area contributed by atoms with E-state index in [0.717, 1.165) is 16.2 Å². The molecule has 2 rings (SSSR count). The van der Waals surface area contributed by atoms with Gasteiger partial charge in [0.1, 0.15) is 0 Å². The number of benzene rings is 2. The number of nitrogens with two attached hydrogens (primary N) is 1. The van der Waals surface area contributed by atoms with Gasteiger partial charge in [-0.25, -0.2) is 0 Å². The molecule has 4 heteroatoms. The van der Waals surface area contributed by atoms with Crippen LogP contribution in [0.25, 0.3) is 0 Å². The molecule has 0 aliphatic rings. The second-order valence-corrected chi connectivity index (χ2v) is 5.31. The largest absolute Gasteiger partial charge is 0.398 e. The van der Waals surface area contributed by atoms with Gasteiger partial charge in [0, 0.05) is 16.3 Å². The van der Waals surface area contributed by atoms with Crippen LogP contribution in [0.5, 0.6) is 0 Å². The molecule has 0 spiro atoms. The molecular formula is C14H14ClNOS. The van der Waals surface area contributed by atoms with Crippen molar-refractivity contribution in [2.24, 2.45) is 0 Å². The summed E-state index contributed by atoms with van der Waals surface area (Å²) in [7, 11) is 0. The molecule has 0 aromatic heterocycles. The van der Waals surface area contributed by atoms with Gasteiger partial charge in [0.15, 0.2) is 0 Å². The van der Waals surface area contributed by atoms with Crippen molar-refractivity contribution in [3.8, 4) is 0 Å². The van der Waals surface area contributed by atoms with E-state index in [1.807, 2.05) is 42.5 Å². The van der Waals surface area contributed by atoms with Gasteiger partial charge in [0.2, 0.25) is 0 Å². The topological polar surface area (TPSA) is 46.2 Å². The predicted octanol–water partition coefficient (Wildman–Crippen LogP) is 3.71. The van der Waals surface area contributed by atoms with Crippen LogP contribution in [0.4, 0.5) is 5.69 Å². The summed E-state index contributed by atoms with van der Waals surface area (Å²) in [6.07, 6.45) is 0. The molecule has 94 valence electrons. The maximum absolute atomic E-state index is 8.97. The number of nitrogen functional groups attached to an aromatic ring is 1. The van der Waals surface area contributed by atoms with Gasteiger partial charge in [-0.2, -0.15) is 0 Å². The first-order valence-electron chi connectivity index (χ1n) is 5.56. The molecule has 0 heterocycles. The molecule has 0 amide bonds. The van der Waals surface area contributed by atoms with Crippen molar-refractivity contribution in [1.29, 1.82) is 0 Å². The number of hydrogen-bond donors (Lipinski definition) is 2. The Hall–Kier alpha value is -1.16. The molecule has 0 radical (unpaired) electrons. The Morgan fingerprint density at radius 2 is 1.72 bits per heavy atom. The van der Waals surface area contributed by atoms with Crippen molar-refractivity contribution in [1.82, 2.24) is 0 Å². The lowest BCUT2D eigenvalue weighted by molar-refractivity contribution is 0.282. The van der Waals surface area contributed by atoms with Crippen LogP contribution in [0.15, 0.2) is 47.4 Å².